The third-order valence-corrected chi connectivity index (χ3v) is 4.29. The van der Waals surface area contributed by atoms with Crippen molar-refractivity contribution in [3.63, 3.8) is 0 Å². The summed E-state index contributed by atoms with van der Waals surface area (Å²) in [4.78, 5) is 13.7. The summed E-state index contributed by atoms with van der Waals surface area (Å²) in [7, 11) is 1.78. The second-order valence-corrected chi connectivity index (χ2v) is 6.19. The van der Waals surface area contributed by atoms with Crippen LogP contribution >= 0.6 is 11.6 Å². The van der Waals surface area contributed by atoms with Crippen LogP contribution < -0.4 is 5.32 Å². The minimum absolute atomic E-state index is 0.0869. The van der Waals surface area contributed by atoms with E-state index in [2.05, 4.69) is 5.32 Å². The molecule has 0 radical (unpaired) electrons. The van der Waals surface area contributed by atoms with E-state index in [1.807, 2.05) is 24.3 Å². The van der Waals surface area contributed by atoms with Gasteiger partial charge in [0.2, 0.25) is 0 Å². The van der Waals surface area contributed by atoms with Crippen molar-refractivity contribution in [3.05, 3.63) is 34.9 Å². The molecule has 1 aromatic rings. The Balaban J connectivity index is 1.71. The fourth-order valence-electron chi connectivity index (χ4n) is 2.81. The zero-order valence-corrected chi connectivity index (χ0v) is 13.1. The molecule has 0 aromatic heterocycles. The highest BCUT2D eigenvalue weighted by molar-refractivity contribution is 6.30. The van der Waals surface area contributed by atoms with Crippen molar-refractivity contribution >= 4 is 17.6 Å². The first kappa shape index (κ1) is 16.1. The van der Waals surface area contributed by atoms with Crippen LogP contribution in [0.2, 0.25) is 5.02 Å². The van der Waals surface area contributed by atoms with Crippen LogP contribution in [0, 0.1) is 5.92 Å². The number of benzene rings is 1. The molecule has 1 aliphatic rings. The lowest BCUT2D eigenvalue weighted by Gasteiger charge is -2.23. The van der Waals surface area contributed by atoms with E-state index in [0.717, 1.165) is 31.2 Å². The number of amides is 2. The van der Waals surface area contributed by atoms with Crippen molar-refractivity contribution in [1.29, 1.82) is 0 Å². The van der Waals surface area contributed by atoms with E-state index in [1.54, 1.807) is 11.9 Å². The van der Waals surface area contributed by atoms with Crippen molar-refractivity contribution in [2.45, 2.75) is 31.8 Å². The summed E-state index contributed by atoms with van der Waals surface area (Å²) in [6.45, 7) is 1.20. The van der Waals surface area contributed by atoms with Gasteiger partial charge in [0.05, 0.1) is 6.10 Å². The molecule has 1 aromatic carbocycles. The molecule has 116 valence electrons. The summed E-state index contributed by atoms with van der Waals surface area (Å²) in [5.74, 6) is 0.216. The van der Waals surface area contributed by atoms with Crippen LogP contribution in [0.1, 0.15) is 24.8 Å². The topological polar surface area (TPSA) is 52.6 Å². The molecule has 2 unspecified atom stereocenters. The number of carbonyl (C=O) groups is 1. The number of hydrogen-bond donors (Lipinski definition) is 2. The van der Waals surface area contributed by atoms with Crippen molar-refractivity contribution in [2.24, 2.45) is 5.92 Å². The van der Waals surface area contributed by atoms with E-state index in [1.165, 1.54) is 0 Å². The van der Waals surface area contributed by atoms with E-state index >= 15 is 0 Å². The van der Waals surface area contributed by atoms with Gasteiger partial charge in [0, 0.05) is 31.1 Å². The van der Waals surface area contributed by atoms with Gasteiger partial charge in [0.15, 0.2) is 0 Å². The van der Waals surface area contributed by atoms with Gasteiger partial charge < -0.3 is 15.3 Å². The van der Waals surface area contributed by atoms with Gasteiger partial charge in [-0.05, 0) is 37.0 Å². The van der Waals surface area contributed by atoms with Crippen LogP contribution in [-0.4, -0.2) is 42.3 Å². The standard InChI is InChI=1S/C16H23ClN2O2/c1-19(11-13-5-3-7-15(13)20)16(21)18-9-8-12-4-2-6-14(17)10-12/h2,4,6,10,13,15,20H,3,5,7-9,11H2,1H3,(H,18,21). The summed E-state index contributed by atoms with van der Waals surface area (Å²) >= 11 is 5.93. The predicted octanol–water partition coefficient (Wildman–Crippen LogP) is 2.68. The van der Waals surface area contributed by atoms with Crippen molar-refractivity contribution in [3.8, 4) is 0 Å². The lowest BCUT2D eigenvalue weighted by Crippen LogP contribution is -2.41. The summed E-state index contributed by atoms with van der Waals surface area (Å²) in [6, 6.07) is 7.57. The Bertz CT molecular complexity index is 481. The highest BCUT2D eigenvalue weighted by atomic mass is 35.5. The van der Waals surface area contributed by atoms with Crippen LogP contribution in [0.4, 0.5) is 4.79 Å². The first-order chi connectivity index (χ1) is 10.1. The molecule has 5 heteroatoms. The quantitative estimate of drug-likeness (QED) is 0.878. The number of aliphatic hydroxyl groups excluding tert-OH is 1. The van der Waals surface area contributed by atoms with Gasteiger partial charge in [-0.2, -0.15) is 0 Å². The Kier molecular flexibility index (Phi) is 5.88. The number of rotatable bonds is 5. The Morgan fingerprint density at radius 2 is 2.29 bits per heavy atom. The number of nitrogens with one attached hydrogen (secondary N) is 1. The van der Waals surface area contributed by atoms with E-state index in [-0.39, 0.29) is 18.1 Å². The van der Waals surface area contributed by atoms with Gasteiger partial charge in [-0.1, -0.05) is 30.2 Å². The molecule has 1 saturated carbocycles. The highest BCUT2D eigenvalue weighted by Crippen LogP contribution is 2.25. The van der Waals surface area contributed by atoms with Gasteiger partial charge in [0.1, 0.15) is 0 Å². The third kappa shape index (κ3) is 4.90. The maximum Gasteiger partial charge on any atom is 0.317 e. The fourth-order valence-corrected chi connectivity index (χ4v) is 3.02. The minimum atomic E-state index is -0.258. The smallest absolute Gasteiger partial charge is 0.317 e. The number of aliphatic hydroxyl groups is 1. The number of halogens is 1. The number of hydrogen-bond acceptors (Lipinski definition) is 2. The number of urea groups is 1. The lowest BCUT2D eigenvalue weighted by atomic mass is 10.1. The van der Waals surface area contributed by atoms with Gasteiger partial charge >= 0.3 is 6.03 Å². The Labute approximate surface area is 131 Å². The Hall–Kier alpha value is -1.26. The van der Waals surface area contributed by atoms with Gasteiger partial charge in [-0.25, -0.2) is 4.79 Å². The monoisotopic (exact) mass is 310 g/mol. The van der Waals surface area contributed by atoms with E-state index in [4.69, 9.17) is 11.6 Å². The zero-order valence-electron chi connectivity index (χ0n) is 12.4. The first-order valence-electron chi connectivity index (χ1n) is 7.47. The molecule has 2 amide bonds. The molecule has 0 heterocycles. The first-order valence-corrected chi connectivity index (χ1v) is 7.85. The summed E-state index contributed by atoms with van der Waals surface area (Å²) in [6.07, 6.45) is 3.41. The molecule has 2 atom stereocenters. The Morgan fingerprint density at radius 1 is 1.48 bits per heavy atom. The maximum atomic E-state index is 12.0. The van der Waals surface area contributed by atoms with E-state index in [0.29, 0.717) is 18.1 Å². The largest absolute Gasteiger partial charge is 0.393 e. The highest BCUT2D eigenvalue weighted by Gasteiger charge is 2.27. The lowest BCUT2D eigenvalue weighted by molar-refractivity contribution is 0.114. The number of carbonyl (C=O) groups excluding carboxylic acids is 1. The molecule has 21 heavy (non-hydrogen) atoms. The molecular weight excluding hydrogens is 288 g/mol. The summed E-state index contributed by atoms with van der Waals surface area (Å²) in [5, 5.41) is 13.4. The van der Waals surface area contributed by atoms with Crippen LogP contribution in [0.25, 0.3) is 0 Å². The fraction of sp³-hybridized carbons (Fsp3) is 0.562. The van der Waals surface area contributed by atoms with Gasteiger partial charge in [-0.3, -0.25) is 0 Å². The van der Waals surface area contributed by atoms with Crippen molar-refractivity contribution in [2.75, 3.05) is 20.1 Å². The minimum Gasteiger partial charge on any atom is -0.393 e. The van der Waals surface area contributed by atoms with Crippen LogP contribution in [0.5, 0.6) is 0 Å². The average molecular weight is 311 g/mol. The van der Waals surface area contributed by atoms with Crippen molar-refractivity contribution in [1.82, 2.24) is 10.2 Å². The second kappa shape index (κ2) is 7.66. The molecule has 1 fully saturated rings. The molecule has 0 saturated heterocycles. The zero-order chi connectivity index (χ0) is 15.2. The third-order valence-electron chi connectivity index (χ3n) is 4.05. The molecule has 0 spiro atoms. The van der Waals surface area contributed by atoms with E-state index in [9.17, 15) is 9.90 Å². The second-order valence-electron chi connectivity index (χ2n) is 5.75. The molecule has 2 rings (SSSR count). The van der Waals surface area contributed by atoms with Crippen LogP contribution in [0.15, 0.2) is 24.3 Å². The van der Waals surface area contributed by atoms with Gasteiger partial charge in [-0.15, -0.1) is 0 Å². The molecule has 1 aliphatic carbocycles. The molecular formula is C16H23ClN2O2. The molecule has 2 N–H and O–H groups in total. The van der Waals surface area contributed by atoms with Crippen molar-refractivity contribution < 1.29 is 9.90 Å². The van der Waals surface area contributed by atoms with Gasteiger partial charge in [0.25, 0.3) is 0 Å². The molecule has 4 nitrogen and oxygen atoms in total. The maximum absolute atomic E-state index is 12.0. The average Bonchev–Trinajstić information content (AvgIpc) is 2.84. The Morgan fingerprint density at radius 3 is 2.95 bits per heavy atom. The van der Waals surface area contributed by atoms with Crippen LogP contribution in [-0.2, 0) is 6.42 Å². The summed E-state index contributed by atoms with van der Waals surface area (Å²) in [5.41, 5.74) is 1.11. The molecule has 0 bridgehead atoms. The van der Waals surface area contributed by atoms with E-state index < -0.39 is 0 Å². The normalized spacial score (nSPS) is 21.3. The summed E-state index contributed by atoms with van der Waals surface area (Å²) < 4.78 is 0. The van der Waals surface area contributed by atoms with Crippen LogP contribution in [0.3, 0.4) is 0 Å². The molecule has 0 aliphatic heterocycles. The predicted molar refractivity (Wildman–Crippen MR) is 84.5 cm³/mol. The number of nitrogens with zero attached hydrogens (tertiary/aromatic N) is 1. The SMILES string of the molecule is CN(CC1CCCC1O)C(=O)NCCc1cccc(Cl)c1.